The van der Waals surface area contributed by atoms with Gasteiger partial charge < -0.3 is 5.73 Å². The van der Waals surface area contributed by atoms with Crippen molar-refractivity contribution >= 4 is 24.8 Å². The standard InChI is InChI=1S/C7H12N2.2ClH/c8-4-2-1-3-5-9-6-7-9;;/h2,4-8H2;2*1H. The van der Waals surface area contributed by atoms with E-state index in [4.69, 9.17) is 5.73 Å². The van der Waals surface area contributed by atoms with Crippen LogP contribution in [-0.2, 0) is 0 Å². The van der Waals surface area contributed by atoms with E-state index in [1.54, 1.807) is 0 Å². The number of nitrogens with two attached hydrogens (primary N) is 1. The molecule has 2 nitrogen and oxygen atoms in total. The van der Waals surface area contributed by atoms with Crippen molar-refractivity contribution in [2.45, 2.75) is 6.42 Å². The highest BCUT2D eigenvalue weighted by molar-refractivity contribution is 5.85. The van der Waals surface area contributed by atoms with E-state index in [1.165, 1.54) is 13.1 Å². The molecule has 0 radical (unpaired) electrons. The van der Waals surface area contributed by atoms with Gasteiger partial charge in [-0.05, 0) is 0 Å². The average Bonchev–Trinajstić information content (AvgIpc) is 2.63. The lowest BCUT2D eigenvalue weighted by molar-refractivity contribution is 0.639. The molecule has 0 amide bonds. The minimum absolute atomic E-state index is 0. The lowest BCUT2D eigenvalue weighted by Crippen LogP contribution is -1.97. The number of halogens is 2. The molecule has 1 heterocycles. The highest BCUT2D eigenvalue weighted by Gasteiger charge is 2.13. The van der Waals surface area contributed by atoms with Crippen LogP contribution in [0.2, 0.25) is 0 Å². The number of hydrogen-bond acceptors (Lipinski definition) is 2. The minimum Gasteiger partial charge on any atom is -0.330 e. The second kappa shape index (κ2) is 8.16. The van der Waals surface area contributed by atoms with Crippen molar-refractivity contribution in [3.8, 4) is 11.8 Å². The molecule has 11 heavy (non-hydrogen) atoms. The Balaban J connectivity index is 0. The zero-order valence-electron chi connectivity index (χ0n) is 6.38. The van der Waals surface area contributed by atoms with Crippen molar-refractivity contribution in [3.63, 3.8) is 0 Å². The quantitative estimate of drug-likeness (QED) is 0.515. The predicted molar refractivity (Wildman–Crippen MR) is 52.4 cm³/mol. The number of nitrogens with zero attached hydrogens (tertiary/aromatic N) is 1. The predicted octanol–water partition coefficient (Wildman–Crippen LogP) is 0.498. The fourth-order valence-corrected chi connectivity index (χ4v) is 0.557. The average molecular weight is 197 g/mol. The minimum atomic E-state index is 0. The Labute approximate surface area is 80.3 Å². The Morgan fingerprint density at radius 1 is 1.18 bits per heavy atom. The molecule has 1 fully saturated rings. The molecule has 1 aliphatic heterocycles. The van der Waals surface area contributed by atoms with E-state index in [-0.39, 0.29) is 24.8 Å². The maximum absolute atomic E-state index is 5.24. The third kappa shape index (κ3) is 7.96. The van der Waals surface area contributed by atoms with E-state index in [9.17, 15) is 0 Å². The van der Waals surface area contributed by atoms with E-state index < -0.39 is 0 Å². The fraction of sp³-hybridized carbons (Fsp3) is 0.714. The highest BCUT2D eigenvalue weighted by Crippen LogP contribution is 1.99. The third-order valence-corrected chi connectivity index (χ3v) is 1.24. The summed E-state index contributed by atoms with van der Waals surface area (Å²) in [5, 5.41) is 0. The molecule has 1 saturated heterocycles. The number of hydrogen-bond donors (Lipinski definition) is 1. The summed E-state index contributed by atoms with van der Waals surface area (Å²) < 4.78 is 0. The SMILES string of the molecule is Cl.Cl.NCCC#CCN1CC1. The van der Waals surface area contributed by atoms with Crippen LogP contribution in [-0.4, -0.2) is 31.1 Å². The van der Waals surface area contributed by atoms with Gasteiger partial charge in [-0.15, -0.1) is 30.7 Å². The second-order valence-corrected chi connectivity index (χ2v) is 2.17. The van der Waals surface area contributed by atoms with Gasteiger partial charge in [0.1, 0.15) is 0 Å². The van der Waals surface area contributed by atoms with Crippen LogP contribution in [0.1, 0.15) is 6.42 Å². The molecular weight excluding hydrogens is 183 g/mol. The van der Waals surface area contributed by atoms with Gasteiger partial charge in [0.2, 0.25) is 0 Å². The van der Waals surface area contributed by atoms with Crippen LogP contribution in [0.15, 0.2) is 0 Å². The molecule has 0 aromatic carbocycles. The molecule has 66 valence electrons. The van der Waals surface area contributed by atoms with Crippen LogP contribution in [0, 0.1) is 11.8 Å². The molecule has 0 spiro atoms. The first-order chi connectivity index (χ1) is 4.43. The van der Waals surface area contributed by atoms with E-state index in [0.29, 0.717) is 6.54 Å². The lowest BCUT2D eigenvalue weighted by Gasteiger charge is -1.85. The third-order valence-electron chi connectivity index (χ3n) is 1.24. The van der Waals surface area contributed by atoms with E-state index in [0.717, 1.165) is 13.0 Å². The van der Waals surface area contributed by atoms with Gasteiger partial charge in [0.25, 0.3) is 0 Å². The van der Waals surface area contributed by atoms with Crippen molar-refractivity contribution in [1.82, 2.24) is 4.90 Å². The van der Waals surface area contributed by atoms with Gasteiger partial charge in [-0.25, -0.2) is 0 Å². The Bertz CT molecular complexity index is 135. The van der Waals surface area contributed by atoms with Crippen LogP contribution in [0.3, 0.4) is 0 Å². The normalized spacial score (nSPS) is 13.5. The summed E-state index contributed by atoms with van der Waals surface area (Å²) in [6.45, 7) is 4.10. The molecule has 1 rings (SSSR count). The topological polar surface area (TPSA) is 29.0 Å². The molecular formula is C7H14Cl2N2. The van der Waals surface area contributed by atoms with Crippen LogP contribution in [0.25, 0.3) is 0 Å². The molecule has 0 bridgehead atoms. The Kier molecular flexibility index (Phi) is 10.1. The lowest BCUT2D eigenvalue weighted by atomic mass is 10.4. The molecule has 0 atom stereocenters. The van der Waals surface area contributed by atoms with Gasteiger partial charge in [-0.2, -0.15) is 0 Å². The zero-order chi connectivity index (χ0) is 6.53. The summed E-state index contributed by atoms with van der Waals surface area (Å²) in [6, 6.07) is 0. The van der Waals surface area contributed by atoms with Crippen molar-refractivity contribution in [2.75, 3.05) is 26.2 Å². The molecule has 0 saturated carbocycles. The molecule has 0 aliphatic carbocycles. The second-order valence-electron chi connectivity index (χ2n) is 2.17. The van der Waals surface area contributed by atoms with Crippen molar-refractivity contribution in [1.29, 1.82) is 0 Å². The summed E-state index contributed by atoms with van der Waals surface area (Å²) in [5.41, 5.74) is 5.24. The van der Waals surface area contributed by atoms with E-state index >= 15 is 0 Å². The number of rotatable bonds is 2. The highest BCUT2D eigenvalue weighted by atomic mass is 35.5. The molecule has 0 aromatic heterocycles. The molecule has 0 aromatic rings. The molecule has 1 aliphatic rings. The van der Waals surface area contributed by atoms with Gasteiger partial charge in [-0.1, -0.05) is 5.92 Å². The van der Waals surface area contributed by atoms with Gasteiger partial charge >= 0.3 is 0 Å². The smallest absolute Gasteiger partial charge is 0.0602 e. The maximum atomic E-state index is 5.24. The summed E-state index contributed by atoms with van der Waals surface area (Å²) in [5.74, 6) is 6.03. The summed E-state index contributed by atoms with van der Waals surface area (Å²) in [4.78, 5) is 2.28. The molecule has 4 heteroatoms. The summed E-state index contributed by atoms with van der Waals surface area (Å²) in [6.07, 6.45) is 0.841. The first-order valence-electron chi connectivity index (χ1n) is 3.31. The first kappa shape index (κ1) is 13.6. The zero-order valence-corrected chi connectivity index (χ0v) is 8.01. The monoisotopic (exact) mass is 196 g/mol. The van der Waals surface area contributed by atoms with Crippen molar-refractivity contribution in [3.05, 3.63) is 0 Å². The van der Waals surface area contributed by atoms with Gasteiger partial charge in [0, 0.05) is 26.1 Å². The van der Waals surface area contributed by atoms with Gasteiger partial charge in [0.05, 0.1) is 6.54 Å². The first-order valence-corrected chi connectivity index (χ1v) is 3.31. The van der Waals surface area contributed by atoms with Gasteiger partial charge in [-0.3, -0.25) is 4.90 Å². The fourth-order valence-electron chi connectivity index (χ4n) is 0.557. The molecule has 2 N–H and O–H groups in total. The molecule has 0 unspecified atom stereocenters. The van der Waals surface area contributed by atoms with Crippen LogP contribution >= 0.6 is 24.8 Å². The summed E-state index contributed by atoms with van der Waals surface area (Å²) in [7, 11) is 0. The van der Waals surface area contributed by atoms with Gasteiger partial charge in [0.15, 0.2) is 0 Å². The Morgan fingerprint density at radius 3 is 2.27 bits per heavy atom. The van der Waals surface area contributed by atoms with Crippen LogP contribution in [0.5, 0.6) is 0 Å². The maximum Gasteiger partial charge on any atom is 0.0602 e. The Hall–Kier alpha value is 0.0600. The van der Waals surface area contributed by atoms with E-state index in [1.807, 2.05) is 0 Å². The summed E-state index contributed by atoms with van der Waals surface area (Å²) >= 11 is 0. The van der Waals surface area contributed by atoms with Crippen molar-refractivity contribution < 1.29 is 0 Å². The largest absolute Gasteiger partial charge is 0.330 e. The van der Waals surface area contributed by atoms with Crippen LogP contribution < -0.4 is 5.73 Å². The Morgan fingerprint density at radius 2 is 1.82 bits per heavy atom. The van der Waals surface area contributed by atoms with E-state index in [2.05, 4.69) is 16.7 Å². The van der Waals surface area contributed by atoms with Crippen LogP contribution in [0.4, 0.5) is 0 Å². The van der Waals surface area contributed by atoms with Crippen molar-refractivity contribution in [2.24, 2.45) is 5.73 Å².